The Kier molecular flexibility index (Phi) is 4.57. The van der Waals surface area contributed by atoms with Gasteiger partial charge in [0.05, 0.1) is 12.1 Å². The van der Waals surface area contributed by atoms with Gasteiger partial charge in [-0.3, -0.25) is 4.79 Å². The van der Waals surface area contributed by atoms with Gasteiger partial charge >= 0.3 is 0 Å². The van der Waals surface area contributed by atoms with Crippen molar-refractivity contribution in [1.82, 2.24) is 15.0 Å². The van der Waals surface area contributed by atoms with Crippen molar-refractivity contribution in [3.63, 3.8) is 0 Å². The lowest BCUT2D eigenvalue weighted by molar-refractivity contribution is 0.515. The van der Waals surface area contributed by atoms with Crippen LogP contribution in [0.2, 0.25) is 0 Å². The van der Waals surface area contributed by atoms with Crippen molar-refractivity contribution in [3.8, 4) is 0 Å². The first-order valence-corrected chi connectivity index (χ1v) is 8.63. The Bertz CT molecular complexity index is 1210. The van der Waals surface area contributed by atoms with E-state index in [0.29, 0.717) is 16.8 Å². The van der Waals surface area contributed by atoms with E-state index in [1.807, 2.05) is 36.1 Å². The first kappa shape index (κ1) is 17.8. The van der Waals surface area contributed by atoms with Crippen molar-refractivity contribution in [2.45, 2.75) is 13.5 Å². The molecule has 4 aromatic rings. The Hall–Kier alpha value is -3.61. The molecule has 0 amide bonds. The molecular weight excluding hydrogens is 362 g/mol. The summed E-state index contributed by atoms with van der Waals surface area (Å²) in [5.74, 6) is -1.45. The Labute approximate surface area is 159 Å². The summed E-state index contributed by atoms with van der Waals surface area (Å²) in [6.07, 6.45) is 3.05. The molecule has 2 heterocycles. The van der Waals surface area contributed by atoms with Gasteiger partial charge in [0.1, 0.15) is 12.1 Å². The zero-order chi connectivity index (χ0) is 19.7. The zero-order valence-electron chi connectivity index (χ0n) is 15.0. The Morgan fingerprint density at radius 1 is 1.11 bits per heavy atom. The van der Waals surface area contributed by atoms with E-state index in [1.165, 1.54) is 18.5 Å². The number of anilines is 2. The van der Waals surface area contributed by atoms with E-state index < -0.39 is 17.2 Å². The van der Waals surface area contributed by atoms with E-state index in [2.05, 4.69) is 15.0 Å². The van der Waals surface area contributed by atoms with Crippen LogP contribution in [0.4, 0.5) is 20.3 Å². The summed E-state index contributed by atoms with van der Waals surface area (Å²) in [6.45, 7) is 2.22. The molecule has 2 aromatic heterocycles. The van der Waals surface area contributed by atoms with E-state index in [0.717, 1.165) is 17.3 Å². The molecule has 7 heteroatoms. The summed E-state index contributed by atoms with van der Waals surface area (Å²) in [7, 11) is 0. The topological polar surface area (TPSA) is 61.9 Å². The Morgan fingerprint density at radius 3 is 2.71 bits per heavy atom. The van der Waals surface area contributed by atoms with E-state index in [4.69, 9.17) is 0 Å². The maximum Gasteiger partial charge on any atom is 0.248 e. The maximum atomic E-state index is 14.2. The van der Waals surface area contributed by atoms with Crippen LogP contribution in [-0.4, -0.2) is 15.0 Å². The number of hydrogen-bond donors (Lipinski definition) is 1. The van der Waals surface area contributed by atoms with E-state index in [1.54, 1.807) is 12.3 Å². The van der Waals surface area contributed by atoms with Crippen LogP contribution < -0.4 is 10.5 Å². The van der Waals surface area contributed by atoms with Gasteiger partial charge < -0.3 is 9.88 Å². The summed E-state index contributed by atoms with van der Waals surface area (Å²) in [5.41, 5.74) is 1.82. The highest BCUT2D eigenvalue weighted by Gasteiger charge is 2.17. The van der Waals surface area contributed by atoms with Crippen molar-refractivity contribution >= 4 is 22.4 Å². The molecule has 2 aromatic carbocycles. The number of hydrogen-bond acceptors (Lipinski definition) is 4. The van der Waals surface area contributed by atoms with Gasteiger partial charge in [-0.15, -0.1) is 0 Å². The molecule has 0 saturated carbocycles. The van der Waals surface area contributed by atoms with Crippen LogP contribution in [0.5, 0.6) is 0 Å². The lowest BCUT2D eigenvalue weighted by Crippen LogP contribution is -2.20. The van der Waals surface area contributed by atoms with Gasteiger partial charge in [-0.1, -0.05) is 12.1 Å². The van der Waals surface area contributed by atoms with Gasteiger partial charge in [0.25, 0.3) is 0 Å². The monoisotopic (exact) mass is 378 g/mol. The minimum atomic E-state index is -1.07. The predicted octanol–water partition coefficient (Wildman–Crippen LogP) is 4.24. The van der Waals surface area contributed by atoms with E-state index >= 15 is 0 Å². The van der Waals surface area contributed by atoms with Gasteiger partial charge in [-0.25, -0.2) is 18.7 Å². The standard InChI is InChI=1S/C21H16F2N4O/c1-13-3-2-4-15(9-13)27(18-7-8-24-12-25-18)11-14-10-19(28)26-21-16(14)5-6-17(22)20(21)23/h2-10,12H,11H2,1H3,(H,26,28). The van der Waals surface area contributed by atoms with Crippen LogP contribution in [0.25, 0.3) is 10.9 Å². The Balaban J connectivity index is 1.88. The quantitative estimate of drug-likeness (QED) is 0.577. The number of aromatic nitrogens is 3. The molecule has 0 unspecified atom stereocenters. The molecular formula is C21H16F2N4O. The smallest absolute Gasteiger partial charge is 0.248 e. The van der Waals surface area contributed by atoms with Crippen LogP contribution in [0, 0.1) is 18.6 Å². The second kappa shape index (κ2) is 7.19. The third-order valence-electron chi connectivity index (χ3n) is 4.48. The van der Waals surface area contributed by atoms with Crippen LogP contribution in [0.15, 0.2) is 65.8 Å². The molecule has 0 atom stereocenters. The van der Waals surface area contributed by atoms with Gasteiger partial charge in [0.2, 0.25) is 5.56 Å². The molecule has 0 bridgehead atoms. The second-order valence-electron chi connectivity index (χ2n) is 6.44. The fraction of sp³-hybridized carbons (Fsp3) is 0.0952. The number of aromatic amines is 1. The van der Waals surface area contributed by atoms with Crippen molar-refractivity contribution in [2.75, 3.05) is 4.90 Å². The Morgan fingerprint density at radius 2 is 1.96 bits per heavy atom. The van der Waals surface area contributed by atoms with Crippen molar-refractivity contribution in [2.24, 2.45) is 0 Å². The molecule has 0 aliphatic carbocycles. The molecule has 4 rings (SSSR count). The number of H-pyrrole nitrogens is 1. The predicted molar refractivity (Wildman–Crippen MR) is 104 cm³/mol. The third kappa shape index (κ3) is 3.34. The third-order valence-corrected chi connectivity index (χ3v) is 4.48. The second-order valence-corrected chi connectivity index (χ2v) is 6.44. The molecule has 28 heavy (non-hydrogen) atoms. The molecule has 0 fully saturated rings. The lowest BCUT2D eigenvalue weighted by atomic mass is 10.1. The minimum absolute atomic E-state index is 0.144. The minimum Gasteiger partial charge on any atom is -0.322 e. The molecule has 5 nitrogen and oxygen atoms in total. The number of rotatable bonds is 4. The number of pyridine rings is 1. The molecule has 1 N–H and O–H groups in total. The zero-order valence-corrected chi connectivity index (χ0v) is 15.0. The number of nitrogens with one attached hydrogen (secondary N) is 1. The van der Waals surface area contributed by atoms with Crippen molar-refractivity contribution in [1.29, 1.82) is 0 Å². The van der Waals surface area contributed by atoms with E-state index in [9.17, 15) is 13.6 Å². The maximum absolute atomic E-state index is 14.2. The van der Waals surface area contributed by atoms with Crippen LogP contribution >= 0.6 is 0 Å². The fourth-order valence-electron chi connectivity index (χ4n) is 3.18. The lowest BCUT2D eigenvalue weighted by Gasteiger charge is -2.25. The van der Waals surface area contributed by atoms with Gasteiger partial charge in [0.15, 0.2) is 11.6 Å². The SMILES string of the molecule is Cc1cccc(N(Cc2cc(=O)[nH]c3c(F)c(F)ccc23)c2ccncn2)c1. The first-order valence-electron chi connectivity index (χ1n) is 8.63. The summed E-state index contributed by atoms with van der Waals surface area (Å²) >= 11 is 0. The van der Waals surface area contributed by atoms with Crippen LogP contribution in [-0.2, 0) is 6.54 Å². The fourth-order valence-corrected chi connectivity index (χ4v) is 3.18. The largest absolute Gasteiger partial charge is 0.322 e. The molecule has 0 saturated heterocycles. The highest BCUT2D eigenvalue weighted by atomic mass is 19.2. The number of aryl methyl sites for hydroxylation is 1. The molecule has 140 valence electrons. The average Bonchev–Trinajstić information content (AvgIpc) is 2.70. The number of halogens is 2. The van der Waals surface area contributed by atoms with Crippen LogP contribution in [0.3, 0.4) is 0 Å². The molecule has 0 spiro atoms. The number of fused-ring (bicyclic) bond motifs is 1. The van der Waals surface area contributed by atoms with Crippen LogP contribution in [0.1, 0.15) is 11.1 Å². The molecule has 0 aliphatic heterocycles. The summed E-state index contributed by atoms with van der Waals surface area (Å²) in [6, 6.07) is 13.5. The highest BCUT2D eigenvalue weighted by Crippen LogP contribution is 2.28. The van der Waals surface area contributed by atoms with E-state index in [-0.39, 0.29) is 12.1 Å². The van der Waals surface area contributed by atoms with Crippen molar-refractivity contribution in [3.05, 3.63) is 94.2 Å². The highest BCUT2D eigenvalue weighted by molar-refractivity contribution is 5.83. The van der Waals surface area contributed by atoms with Gasteiger partial charge in [0, 0.05) is 23.3 Å². The summed E-state index contributed by atoms with van der Waals surface area (Å²) < 4.78 is 27.8. The molecule has 0 radical (unpaired) electrons. The first-order chi connectivity index (χ1) is 13.5. The number of benzene rings is 2. The molecule has 0 aliphatic rings. The number of nitrogens with zero attached hydrogens (tertiary/aromatic N) is 3. The van der Waals surface area contributed by atoms with Gasteiger partial charge in [-0.05, 0) is 48.4 Å². The van der Waals surface area contributed by atoms with Crippen molar-refractivity contribution < 1.29 is 8.78 Å². The average molecular weight is 378 g/mol. The van der Waals surface area contributed by atoms with Gasteiger partial charge in [-0.2, -0.15) is 0 Å². The summed E-state index contributed by atoms with van der Waals surface area (Å²) in [4.78, 5) is 24.6. The summed E-state index contributed by atoms with van der Waals surface area (Å²) in [5, 5.41) is 0.435. The normalized spacial score (nSPS) is 11.0.